The van der Waals surface area contributed by atoms with E-state index in [2.05, 4.69) is 6.92 Å². The van der Waals surface area contributed by atoms with Crippen LogP contribution in [0, 0.1) is 5.92 Å². The zero-order valence-electron chi connectivity index (χ0n) is 9.67. The van der Waals surface area contributed by atoms with Crippen LogP contribution >= 0.6 is 0 Å². The average molecular weight is 207 g/mol. The standard InChI is InChI=1S/C4H8.C3H10O2Si.C2H7N/c1-4-2-3-4;1-4-6(3)5-2;1-2-3/h4H,2-3H2,1H3;6H,1-3H3;2-3H2,1H3. The smallest absolute Gasteiger partial charge is 0.317 e. The lowest BCUT2D eigenvalue weighted by atomic mass is 10.5. The molecular weight excluding hydrogens is 182 g/mol. The van der Waals surface area contributed by atoms with E-state index < -0.39 is 9.28 Å². The van der Waals surface area contributed by atoms with Crippen molar-refractivity contribution < 1.29 is 8.85 Å². The van der Waals surface area contributed by atoms with Crippen LogP contribution in [0.2, 0.25) is 6.55 Å². The summed E-state index contributed by atoms with van der Waals surface area (Å²) in [5.41, 5.74) is 4.85. The Bertz CT molecular complexity index is 85.7. The quantitative estimate of drug-likeness (QED) is 0.698. The minimum atomic E-state index is -1.16. The van der Waals surface area contributed by atoms with Gasteiger partial charge in [-0.25, -0.2) is 0 Å². The van der Waals surface area contributed by atoms with Crippen molar-refractivity contribution in [2.75, 3.05) is 20.8 Å². The Morgan fingerprint density at radius 3 is 1.54 bits per heavy atom. The summed E-state index contributed by atoms with van der Waals surface area (Å²) in [7, 11) is 2.17. The van der Waals surface area contributed by atoms with Gasteiger partial charge < -0.3 is 14.6 Å². The summed E-state index contributed by atoms with van der Waals surface area (Å²) in [4.78, 5) is 0. The maximum atomic E-state index is 4.85. The lowest BCUT2D eigenvalue weighted by Crippen LogP contribution is -2.12. The first-order valence-electron chi connectivity index (χ1n) is 4.87. The molecule has 0 aliphatic heterocycles. The van der Waals surface area contributed by atoms with E-state index in [1.54, 1.807) is 14.2 Å². The molecule has 1 rings (SSSR count). The van der Waals surface area contributed by atoms with Crippen molar-refractivity contribution in [1.29, 1.82) is 0 Å². The molecule has 1 aliphatic carbocycles. The lowest BCUT2D eigenvalue weighted by Gasteiger charge is -2.00. The average Bonchev–Trinajstić information content (AvgIpc) is 2.89. The Labute approximate surface area is 84.5 Å². The van der Waals surface area contributed by atoms with Crippen LogP contribution in [0.3, 0.4) is 0 Å². The third kappa shape index (κ3) is 24.5. The molecule has 2 N–H and O–H groups in total. The molecule has 0 atom stereocenters. The molecule has 4 heteroatoms. The van der Waals surface area contributed by atoms with Gasteiger partial charge in [-0.1, -0.05) is 26.7 Å². The van der Waals surface area contributed by atoms with Gasteiger partial charge in [0.15, 0.2) is 0 Å². The molecule has 0 spiro atoms. The zero-order chi connectivity index (χ0) is 10.7. The van der Waals surface area contributed by atoms with Gasteiger partial charge in [-0.3, -0.25) is 0 Å². The van der Waals surface area contributed by atoms with Crippen LogP contribution in [0.5, 0.6) is 0 Å². The molecule has 0 heterocycles. The number of hydrogen-bond donors (Lipinski definition) is 1. The Kier molecular flexibility index (Phi) is 14.5. The number of nitrogens with two attached hydrogens (primary N) is 1. The predicted octanol–water partition coefficient (Wildman–Crippen LogP) is 1.51. The van der Waals surface area contributed by atoms with Crippen molar-refractivity contribution in [2.45, 2.75) is 33.2 Å². The molecule has 0 aromatic carbocycles. The van der Waals surface area contributed by atoms with E-state index in [-0.39, 0.29) is 0 Å². The van der Waals surface area contributed by atoms with E-state index in [4.69, 9.17) is 14.6 Å². The third-order valence-corrected chi connectivity index (χ3v) is 2.86. The molecule has 1 fully saturated rings. The van der Waals surface area contributed by atoms with E-state index in [1.807, 2.05) is 13.5 Å². The molecule has 0 aromatic heterocycles. The second kappa shape index (κ2) is 12.1. The first kappa shape index (κ1) is 15.6. The molecule has 0 aromatic rings. The topological polar surface area (TPSA) is 44.5 Å². The lowest BCUT2D eigenvalue weighted by molar-refractivity contribution is 0.285. The molecule has 3 nitrogen and oxygen atoms in total. The Balaban J connectivity index is 0. The minimum absolute atomic E-state index is 0.750. The van der Waals surface area contributed by atoms with Crippen molar-refractivity contribution in [3.05, 3.63) is 0 Å². The second-order valence-corrected chi connectivity index (χ2v) is 5.21. The van der Waals surface area contributed by atoms with E-state index in [1.165, 1.54) is 12.8 Å². The third-order valence-electron chi connectivity index (χ3n) is 1.53. The summed E-state index contributed by atoms with van der Waals surface area (Å²) in [6, 6.07) is 0. The molecular formula is C9H25NO2Si. The molecule has 0 bridgehead atoms. The van der Waals surface area contributed by atoms with Gasteiger partial charge in [-0.2, -0.15) is 0 Å². The van der Waals surface area contributed by atoms with Crippen LogP contribution in [-0.2, 0) is 8.85 Å². The van der Waals surface area contributed by atoms with Crippen LogP contribution in [-0.4, -0.2) is 30.0 Å². The van der Waals surface area contributed by atoms with Gasteiger partial charge in [-0.15, -0.1) is 0 Å². The summed E-state index contributed by atoms with van der Waals surface area (Å²) in [5.74, 6) is 1.08. The summed E-state index contributed by atoms with van der Waals surface area (Å²) in [6.45, 7) is 6.90. The summed E-state index contributed by atoms with van der Waals surface area (Å²) in [6.07, 6.45) is 2.97. The highest BCUT2D eigenvalue weighted by Gasteiger charge is 2.12. The van der Waals surface area contributed by atoms with Crippen LogP contribution in [0.15, 0.2) is 0 Å². The maximum absolute atomic E-state index is 4.85. The molecule has 0 saturated heterocycles. The summed E-state index contributed by atoms with van der Waals surface area (Å²) in [5, 5.41) is 0. The van der Waals surface area contributed by atoms with Gasteiger partial charge >= 0.3 is 9.28 Å². The maximum Gasteiger partial charge on any atom is 0.317 e. The molecule has 0 radical (unpaired) electrons. The molecule has 0 amide bonds. The van der Waals surface area contributed by atoms with Crippen molar-refractivity contribution >= 4 is 9.28 Å². The van der Waals surface area contributed by atoms with Gasteiger partial charge in [-0.05, 0) is 19.0 Å². The molecule has 1 saturated carbocycles. The van der Waals surface area contributed by atoms with E-state index >= 15 is 0 Å². The SMILES string of the molecule is CC1CC1.CCN.CO[SiH](C)OC. The van der Waals surface area contributed by atoms with E-state index in [0.717, 1.165) is 12.5 Å². The molecule has 82 valence electrons. The monoisotopic (exact) mass is 207 g/mol. The predicted molar refractivity (Wildman–Crippen MR) is 60.2 cm³/mol. The Morgan fingerprint density at radius 2 is 1.54 bits per heavy atom. The van der Waals surface area contributed by atoms with Crippen molar-refractivity contribution in [3.63, 3.8) is 0 Å². The fraction of sp³-hybridized carbons (Fsp3) is 1.00. The minimum Gasteiger partial charge on any atom is -0.400 e. The summed E-state index contributed by atoms with van der Waals surface area (Å²) < 4.78 is 9.63. The van der Waals surface area contributed by atoms with Crippen molar-refractivity contribution in [3.8, 4) is 0 Å². The van der Waals surface area contributed by atoms with Gasteiger partial charge in [0.05, 0.1) is 0 Å². The van der Waals surface area contributed by atoms with Gasteiger partial charge in [0.1, 0.15) is 0 Å². The van der Waals surface area contributed by atoms with Gasteiger partial charge in [0.2, 0.25) is 0 Å². The number of hydrogen-bond acceptors (Lipinski definition) is 3. The normalized spacial score (nSPS) is 14.1. The molecule has 1 aliphatic rings. The van der Waals surface area contributed by atoms with E-state index in [0.29, 0.717) is 0 Å². The van der Waals surface area contributed by atoms with Gasteiger partial charge in [0.25, 0.3) is 0 Å². The largest absolute Gasteiger partial charge is 0.400 e. The molecule has 13 heavy (non-hydrogen) atoms. The Morgan fingerprint density at radius 1 is 1.31 bits per heavy atom. The van der Waals surface area contributed by atoms with Crippen molar-refractivity contribution in [1.82, 2.24) is 0 Å². The van der Waals surface area contributed by atoms with Crippen LogP contribution in [0.25, 0.3) is 0 Å². The van der Waals surface area contributed by atoms with Crippen LogP contribution in [0.4, 0.5) is 0 Å². The van der Waals surface area contributed by atoms with Crippen molar-refractivity contribution in [2.24, 2.45) is 11.7 Å². The number of rotatable bonds is 2. The first-order valence-corrected chi connectivity index (χ1v) is 6.97. The highest BCUT2D eigenvalue weighted by molar-refractivity contribution is 6.42. The van der Waals surface area contributed by atoms with E-state index in [9.17, 15) is 0 Å². The molecule has 0 unspecified atom stereocenters. The summed E-state index contributed by atoms with van der Waals surface area (Å²) >= 11 is 0. The van der Waals surface area contributed by atoms with Gasteiger partial charge in [0, 0.05) is 14.2 Å². The fourth-order valence-corrected chi connectivity index (χ4v) is 0.455. The fourth-order valence-electron chi connectivity index (χ4n) is 0.263. The van der Waals surface area contributed by atoms with Crippen LogP contribution < -0.4 is 5.73 Å². The first-order chi connectivity index (χ1) is 6.12. The second-order valence-electron chi connectivity index (χ2n) is 3.13. The Hall–Kier alpha value is 0.0969. The van der Waals surface area contributed by atoms with Crippen LogP contribution in [0.1, 0.15) is 26.7 Å². The highest BCUT2D eigenvalue weighted by Crippen LogP contribution is 2.26. The highest BCUT2D eigenvalue weighted by atomic mass is 28.3. The zero-order valence-corrected chi connectivity index (χ0v) is 10.8.